The molecular weight excluding hydrogens is 232 g/mol. The van der Waals surface area contributed by atoms with Gasteiger partial charge in [-0.25, -0.2) is 14.8 Å². The number of aromatic carboxylic acids is 1. The van der Waals surface area contributed by atoms with Crippen molar-refractivity contribution < 1.29 is 9.90 Å². The summed E-state index contributed by atoms with van der Waals surface area (Å²) in [4.78, 5) is 21.0. The van der Waals surface area contributed by atoms with Crippen LogP contribution in [0.25, 0.3) is 0 Å². The zero-order valence-electron chi connectivity index (χ0n) is 10.5. The van der Waals surface area contributed by atoms with E-state index in [9.17, 15) is 4.79 Å². The molecule has 0 saturated heterocycles. The van der Waals surface area contributed by atoms with Crippen molar-refractivity contribution in [3.05, 3.63) is 23.8 Å². The molecule has 0 spiro atoms. The highest BCUT2D eigenvalue weighted by Gasteiger charge is 2.25. The van der Waals surface area contributed by atoms with Crippen molar-refractivity contribution in [1.29, 1.82) is 0 Å². The second-order valence-corrected chi connectivity index (χ2v) is 4.58. The first-order chi connectivity index (χ1) is 8.68. The summed E-state index contributed by atoms with van der Waals surface area (Å²) in [5, 5.41) is 12.2. The third kappa shape index (κ3) is 3.48. The molecule has 0 aromatic carbocycles. The molecule has 98 valence electrons. The number of carboxylic acids is 1. The predicted molar refractivity (Wildman–Crippen MR) is 66.4 cm³/mol. The number of likely N-dealkylation sites (N-methyl/N-ethyl adjacent to an activating group) is 1. The lowest BCUT2D eigenvalue weighted by atomic mass is 10.2. The van der Waals surface area contributed by atoms with E-state index in [4.69, 9.17) is 5.11 Å². The van der Waals surface area contributed by atoms with Crippen molar-refractivity contribution in [3.8, 4) is 0 Å². The molecule has 1 heterocycles. The molecule has 1 fully saturated rings. The molecule has 0 bridgehead atoms. The number of carbonyl (C=O) groups is 1. The van der Waals surface area contributed by atoms with Crippen LogP contribution in [-0.2, 0) is 6.54 Å². The molecule has 2 N–H and O–H groups in total. The summed E-state index contributed by atoms with van der Waals surface area (Å²) in [5.41, 5.74) is 0.701. The van der Waals surface area contributed by atoms with Gasteiger partial charge >= 0.3 is 5.97 Å². The first-order valence-electron chi connectivity index (χ1n) is 6.11. The number of hydrogen-bond acceptors (Lipinski definition) is 5. The number of nitrogens with one attached hydrogen (secondary N) is 1. The molecular formula is C12H18N4O2. The molecule has 2 rings (SSSR count). The maximum absolute atomic E-state index is 10.9. The van der Waals surface area contributed by atoms with E-state index < -0.39 is 5.97 Å². The van der Waals surface area contributed by atoms with E-state index >= 15 is 0 Å². The average molecular weight is 250 g/mol. The van der Waals surface area contributed by atoms with Crippen molar-refractivity contribution in [2.24, 2.45) is 0 Å². The molecule has 6 heteroatoms. The molecule has 0 radical (unpaired) electrons. The first-order valence-corrected chi connectivity index (χ1v) is 6.11. The first kappa shape index (κ1) is 12.9. The monoisotopic (exact) mass is 250 g/mol. The predicted octanol–water partition coefficient (Wildman–Crippen LogP) is 0.359. The zero-order chi connectivity index (χ0) is 13.0. The van der Waals surface area contributed by atoms with Crippen LogP contribution >= 0.6 is 0 Å². The molecule has 1 aromatic rings. The van der Waals surface area contributed by atoms with Crippen LogP contribution in [0.15, 0.2) is 12.5 Å². The summed E-state index contributed by atoms with van der Waals surface area (Å²) in [7, 11) is 2.12. The molecule has 1 aliphatic rings. The van der Waals surface area contributed by atoms with E-state index in [1.54, 1.807) is 0 Å². The minimum absolute atomic E-state index is 0.167. The minimum Gasteiger partial charge on any atom is -0.478 e. The second kappa shape index (κ2) is 5.88. The molecule has 0 aliphatic heterocycles. The fraction of sp³-hybridized carbons (Fsp3) is 0.583. The van der Waals surface area contributed by atoms with Crippen molar-refractivity contribution in [2.75, 3.05) is 20.1 Å². The molecule has 0 amide bonds. The van der Waals surface area contributed by atoms with Crippen LogP contribution in [0.5, 0.6) is 0 Å². The topological polar surface area (TPSA) is 78.3 Å². The van der Waals surface area contributed by atoms with Crippen LogP contribution in [0, 0.1) is 0 Å². The SMILES string of the molecule is CN(CCNCc1ncncc1C(=O)O)C1CC1. The van der Waals surface area contributed by atoms with Gasteiger partial charge in [0.15, 0.2) is 0 Å². The second-order valence-electron chi connectivity index (χ2n) is 4.58. The van der Waals surface area contributed by atoms with E-state index in [2.05, 4.69) is 27.2 Å². The third-order valence-electron chi connectivity index (χ3n) is 3.13. The molecule has 1 aliphatic carbocycles. The maximum Gasteiger partial charge on any atom is 0.339 e. The van der Waals surface area contributed by atoms with Gasteiger partial charge in [0.2, 0.25) is 0 Å². The van der Waals surface area contributed by atoms with Gasteiger partial charge in [-0.1, -0.05) is 0 Å². The van der Waals surface area contributed by atoms with E-state index in [0.29, 0.717) is 12.2 Å². The standard InChI is InChI=1S/C12H18N4O2/c1-16(9-2-3-9)5-4-13-7-11-10(12(17)18)6-14-8-15-11/h6,8-9,13H,2-5,7H2,1H3,(H,17,18). The van der Waals surface area contributed by atoms with Crippen molar-refractivity contribution in [2.45, 2.75) is 25.4 Å². The number of rotatable bonds is 7. The van der Waals surface area contributed by atoms with Gasteiger partial charge in [-0.3, -0.25) is 0 Å². The number of hydrogen-bond donors (Lipinski definition) is 2. The van der Waals surface area contributed by atoms with E-state index in [0.717, 1.165) is 19.1 Å². The Hall–Kier alpha value is -1.53. The van der Waals surface area contributed by atoms with Gasteiger partial charge in [0, 0.05) is 31.9 Å². The third-order valence-corrected chi connectivity index (χ3v) is 3.13. The van der Waals surface area contributed by atoms with Gasteiger partial charge in [0.05, 0.1) is 5.69 Å². The Morgan fingerprint density at radius 2 is 2.39 bits per heavy atom. The van der Waals surface area contributed by atoms with E-state index in [-0.39, 0.29) is 5.56 Å². The van der Waals surface area contributed by atoms with Gasteiger partial charge in [-0.2, -0.15) is 0 Å². The average Bonchev–Trinajstić information content (AvgIpc) is 3.19. The molecule has 0 unspecified atom stereocenters. The largest absolute Gasteiger partial charge is 0.478 e. The quantitative estimate of drug-likeness (QED) is 0.680. The zero-order valence-corrected chi connectivity index (χ0v) is 10.5. The Labute approximate surface area is 106 Å². The van der Waals surface area contributed by atoms with Crippen LogP contribution in [-0.4, -0.2) is 52.1 Å². The van der Waals surface area contributed by atoms with Crippen LogP contribution in [0.4, 0.5) is 0 Å². The molecule has 6 nitrogen and oxygen atoms in total. The molecule has 18 heavy (non-hydrogen) atoms. The van der Waals surface area contributed by atoms with Crippen LogP contribution < -0.4 is 5.32 Å². The van der Waals surface area contributed by atoms with Crippen LogP contribution in [0.3, 0.4) is 0 Å². The smallest absolute Gasteiger partial charge is 0.339 e. The van der Waals surface area contributed by atoms with Gasteiger partial charge in [-0.15, -0.1) is 0 Å². The highest BCUT2D eigenvalue weighted by Crippen LogP contribution is 2.24. The summed E-state index contributed by atoms with van der Waals surface area (Å²) < 4.78 is 0. The van der Waals surface area contributed by atoms with Gasteiger partial charge in [0.25, 0.3) is 0 Å². The molecule has 1 saturated carbocycles. The fourth-order valence-corrected chi connectivity index (χ4v) is 1.83. The minimum atomic E-state index is -0.984. The van der Waals surface area contributed by atoms with Gasteiger partial charge in [-0.05, 0) is 19.9 Å². The summed E-state index contributed by atoms with van der Waals surface area (Å²) in [6.07, 6.45) is 5.31. The Morgan fingerprint density at radius 1 is 1.61 bits per heavy atom. The Morgan fingerprint density at radius 3 is 3.06 bits per heavy atom. The lowest BCUT2D eigenvalue weighted by molar-refractivity contribution is 0.0694. The Balaban J connectivity index is 1.77. The molecule has 1 aromatic heterocycles. The summed E-state index contributed by atoms with van der Waals surface area (Å²) >= 11 is 0. The highest BCUT2D eigenvalue weighted by atomic mass is 16.4. The summed E-state index contributed by atoms with van der Waals surface area (Å²) in [6.45, 7) is 2.26. The van der Waals surface area contributed by atoms with E-state index in [1.807, 2.05) is 0 Å². The normalized spacial score (nSPS) is 15.0. The van der Waals surface area contributed by atoms with Crippen LogP contribution in [0.2, 0.25) is 0 Å². The summed E-state index contributed by atoms with van der Waals surface area (Å²) in [6, 6.07) is 0.750. The number of nitrogens with zero attached hydrogens (tertiary/aromatic N) is 3. The van der Waals surface area contributed by atoms with E-state index in [1.165, 1.54) is 25.4 Å². The lowest BCUT2D eigenvalue weighted by Gasteiger charge is -2.15. The lowest BCUT2D eigenvalue weighted by Crippen LogP contribution is -2.31. The molecule has 0 atom stereocenters. The van der Waals surface area contributed by atoms with Crippen molar-refractivity contribution >= 4 is 5.97 Å². The maximum atomic E-state index is 10.9. The van der Waals surface area contributed by atoms with Gasteiger partial charge in [0.1, 0.15) is 11.9 Å². The van der Waals surface area contributed by atoms with Crippen LogP contribution in [0.1, 0.15) is 28.9 Å². The Kier molecular flexibility index (Phi) is 4.22. The Bertz CT molecular complexity index is 420. The number of aromatic nitrogens is 2. The van der Waals surface area contributed by atoms with Gasteiger partial charge < -0.3 is 15.3 Å². The van der Waals surface area contributed by atoms with Crippen molar-refractivity contribution in [3.63, 3.8) is 0 Å². The fourth-order valence-electron chi connectivity index (χ4n) is 1.83. The highest BCUT2D eigenvalue weighted by molar-refractivity contribution is 5.88. The summed E-state index contributed by atoms with van der Waals surface area (Å²) in [5.74, 6) is -0.984. The van der Waals surface area contributed by atoms with Crippen molar-refractivity contribution in [1.82, 2.24) is 20.2 Å². The number of carboxylic acid groups (broad SMARTS) is 1.